The van der Waals surface area contributed by atoms with Gasteiger partial charge in [0.15, 0.2) is 0 Å². The second kappa shape index (κ2) is 5.75. The molecule has 1 unspecified atom stereocenters. The van der Waals surface area contributed by atoms with Crippen molar-refractivity contribution in [3.05, 3.63) is 35.4 Å². The van der Waals surface area contributed by atoms with E-state index < -0.39 is 6.10 Å². The Morgan fingerprint density at radius 1 is 1.50 bits per heavy atom. The summed E-state index contributed by atoms with van der Waals surface area (Å²) in [5.74, 6) is 0. The minimum Gasteiger partial charge on any atom is -0.387 e. The van der Waals surface area contributed by atoms with Crippen molar-refractivity contribution < 1.29 is 9.84 Å². The van der Waals surface area contributed by atoms with Crippen molar-refractivity contribution in [3.8, 4) is 0 Å². The van der Waals surface area contributed by atoms with Gasteiger partial charge in [-0.3, -0.25) is 0 Å². The Morgan fingerprint density at radius 3 is 2.93 bits per heavy atom. The molecule has 0 aliphatic heterocycles. The fourth-order valence-corrected chi connectivity index (χ4v) is 1.31. The predicted octanol–water partition coefficient (Wildman–Crippen LogP) is 0.868. The Morgan fingerprint density at radius 2 is 2.29 bits per heavy atom. The highest BCUT2D eigenvalue weighted by molar-refractivity contribution is 5.25. The van der Waals surface area contributed by atoms with Gasteiger partial charge >= 0.3 is 0 Å². The van der Waals surface area contributed by atoms with Crippen LogP contribution in [0.1, 0.15) is 17.2 Å². The van der Waals surface area contributed by atoms with E-state index >= 15 is 0 Å². The van der Waals surface area contributed by atoms with E-state index in [1.54, 1.807) is 7.11 Å². The van der Waals surface area contributed by atoms with E-state index in [-0.39, 0.29) is 6.54 Å². The van der Waals surface area contributed by atoms with Crippen molar-refractivity contribution >= 4 is 0 Å². The van der Waals surface area contributed by atoms with Gasteiger partial charge in [0.2, 0.25) is 0 Å². The molecule has 0 heterocycles. The van der Waals surface area contributed by atoms with Crippen LogP contribution < -0.4 is 5.73 Å². The summed E-state index contributed by atoms with van der Waals surface area (Å²) in [6.07, 6.45) is 0.305. The molecule has 1 atom stereocenters. The lowest BCUT2D eigenvalue weighted by atomic mass is 10.0. The second-order valence-corrected chi connectivity index (χ2v) is 3.24. The summed E-state index contributed by atoms with van der Waals surface area (Å²) >= 11 is 0. The Bertz CT molecular complexity index is 276. The molecule has 0 saturated carbocycles. The zero-order valence-electron chi connectivity index (χ0n) is 8.44. The van der Waals surface area contributed by atoms with Gasteiger partial charge in [0.05, 0.1) is 12.7 Å². The van der Waals surface area contributed by atoms with E-state index in [0.29, 0.717) is 6.61 Å². The van der Waals surface area contributed by atoms with Gasteiger partial charge in [-0.25, -0.2) is 0 Å². The summed E-state index contributed by atoms with van der Waals surface area (Å²) in [6.45, 7) is 0.954. The Balaban J connectivity index is 2.68. The first-order valence-corrected chi connectivity index (χ1v) is 4.74. The number of hydrogen-bond acceptors (Lipinski definition) is 3. The number of nitrogens with two attached hydrogens (primary N) is 1. The van der Waals surface area contributed by atoms with Gasteiger partial charge in [-0.1, -0.05) is 24.3 Å². The number of aliphatic hydroxyl groups excluding tert-OH is 1. The van der Waals surface area contributed by atoms with Gasteiger partial charge in [0.25, 0.3) is 0 Å². The molecule has 1 aromatic carbocycles. The fraction of sp³-hybridized carbons (Fsp3) is 0.455. The van der Waals surface area contributed by atoms with Crippen molar-refractivity contribution in [1.82, 2.24) is 0 Å². The number of hydrogen-bond donors (Lipinski definition) is 2. The molecule has 0 aromatic heterocycles. The molecule has 0 amide bonds. The van der Waals surface area contributed by atoms with Gasteiger partial charge < -0.3 is 15.6 Å². The normalized spacial score (nSPS) is 12.8. The number of rotatable bonds is 5. The maximum Gasteiger partial charge on any atom is 0.0912 e. The SMILES string of the molecule is COCCc1cccc(C(O)CN)c1. The molecule has 0 saturated heterocycles. The Labute approximate surface area is 84.5 Å². The van der Waals surface area contributed by atoms with E-state index in [2.05, 4.69) is 0 Å². The minimum atomic E-state index is -0.558. The lowest BCUT2D eigenvalue weighted by Gasteiger charge is -2.09. The summed E-state index contributed by atoms with van der Waals surface area (Å²) in [5.41, 5.74) is 7.42. The van der Waals surface area contributed by atoms with Crippen LogP contribution in [0.3, 0.4) is 0 Å². The van der Waals surface area contributed by atoms with Crippen molar-refractivity contribution in [1.29, 1.82) is 0 Å². The van der Waals surface area contributed by atoms with Crippen molar-refractivity contribution in [2.75, 3.05) is 20.3 Å². The molecule has 0 aliphatic rings. The van der Waals surface area contributed by atoms with Crippen molar-refractivity contribution in [2.24, 2.45) is 5.73 Å². The lowest BCUT2D eigenvalue weighted by Crippen LogP contribution is -2.11. The standard InChI is InChI=1S/C11H17NO2/c1-14-6-5-9-3-2-4-10(7-9)11(13)8-12/h2-4,7,11,13H,5-6,8,12H2,1H3. The predicted molar refractivity (Wildman–Crippen MR) is 56.0 cm³/mol. The van der Waals surface area contributed by atoms with Crippen LogP contribution in [0.4, 0.5) is 0 Å². The van der Waals surface area contributed by atoms with Crippen LogP contribution in [0.15, 0.2) is 24.3 Å². The molecule has 1 aromatic rings. The molecule has 3 heteroatoms. The molecule has 3 N–H and O–H groups in total. The van der Waals surface area contributed by atoms with Crippen molar-refractivity contribution in [3.63, 3.8) is 0 Å². The minimum absolute atomic E-state index is 0.258. The van der Waals surface area contributed by atoms with E-state index in [1.165, 1.54) is 0 Å². The summed E-state index contributed by atoms with van der Waals surface area (Å²) in [4.78, 5) is 0. The first-order chi connectivity index (χ1) is 6.77. The van der Waals surface area contributed by atoms with E-state index in [0.717, 1.165) is 17.5 Å². The number of aliphatic hydroxyl groups is 1. The summed E-state index contributed by atoms with van der Waals surface area (Å²) in [6, 6.07) is 7.80. The number of benzene rings is 1. The fourth-order valence-electron chi connectivity index (χ4n) is 1.31. The number of methoxy groups -OCH3 is 1. The largest absolute Gasteiger partial charge is 0.387 e. The van der Waals surface area contributed by atoms with Crippen LogP contribution in [0.5, 0.6) is 0 Å². The van der Waals surface area contributed by atoms with Crippen LogP contribution in [0.25, 0.3) is 0 Å². The average molecular weight is 195 g/mol. The maximum absolute atomic E-state index is 9.52. The summed E-state index contributed by atoms with van der Waals surface area (Å²) in [5, 5.41) is 9.52. The molecule has 14 heavy (non-hydrogen) atoms. The first-order valence-electron chi connectivity index (χ1n) is 4.74. The molecule has 0 spiro atoms. The molecule has 78 valence electrons. The topological polar surface area (TPSA) is 55.5 Å². The van der Waals surface area contributed by atoms with Gasteiger partial charge in [0.1, 0.15) is 0 Å². The summed E-state index contributed by atoms with van der Waals surface area (Å²) < 4.78 is 4.99. The van der Waals surface area contributed by atoms with E-state index in [4.69, 9.17) is 10.5 Å². The van der Waals surface area contributed by atoms with Crippen LogP contribution in [0.2, 0.25) is 0 Å². The lowest BCUT2D eigenvalue weighted by molar-refractivity contribution is 0.186. The summed E-state index contributed by atoms with van der Waals surface area (Å²) in [7, 11) is 1.68. The van der Waals surface area contributed by atoms with Gasteiger partial charge in [0, 0.05) is 13.7 Å². The van der Waals surface area contributed by atoms with Crippen LogP contribution in [-0.2, 0) is 11.2 Å². The first kappa shape index (κ1) is 11.2. The highest BCUT2D eigenvalue weighted by Gasteiger charge is 2.04. The van der Waals surface area contributed by atoms with Crippen molar-refractivity contribution in [2.45, 2.75) is 12.5 Å². The third-order valence-electron chi connectivity index (χ3n) is 2.15. The molecule has 0 aliphatic carbocycles. The molecular formula is C11H17NO2. The van der Waals surface area contributed by atoms with Gasteiger partial charge in [-0.2, -0.15) is 0 Å². The van der Waals surface area contributed by atoms with Gasteiger partial charge in [-0.05, 0) is 17.5 Å². The smallest absolute Gasteiger partial charge is 0.0912 e. The maximum atomic E-state index is 9.52. The molecular weight excluding hydrogens is 178 g/mol. The molecule has 3 nitrogen and oxygen atoms in total. The zero-order valence-corrected chi connectivity index (χ0v) is 8.44. The zero-order chi connectivity index (χ0) is 10.4. The monoisotopic (exact) mass is 195 g/mol. The second-order valence-electron chi connectivity index (χ2n) is 3.24. The molecule has 0 bridgehead atoms. The van der Waals surface area contributed by atoms with Crippen LogP contribution >= 0.6 is 0 Å². The third kappa shape index (κ3) is 3.10. The third-order valence-corrected chi connectivity index (χ3v) is 2.15. The quantitative estimate of drug-likeness (QED) is 0.733. The van der Waals surface area contributed by atoms with Crippen LogP contribution in [0, 0.1) is 0 Å². The molecule has 0 fully saturated rings. The Hall–Kier alpha value is -0.900. The van der Waals surface area contributed by atoms with Gasteiger partial charge in [-0.15, -0.1) is 0 Å². The highest BCUT2D eigenvalue weighted by atomic mass is 16.5. The number of ether oxygens (including phenoxy) is 1. The van der Waals surface area contributed by atoms with E-state index in [9.17, 15) is 5.11 Å². The molecule has 1 rings (SSSR count). The Kier molecular flexibility index (Phi) is 4.59. The average Bonchev–Trinajstić information content (AvgIpc) is 2.25. The molecule has 0 radical (unpaired) electrons. The van der Waals surface area contributed by atoms with E-state index in [1.807, 2.05) is 24.3 Å². The highest BCUT2D eigenvalue weighted by Crippen LogP contribution is 2.13. The van der Waals surface area contributed by atoms with Crippen LogP contribution in [-0.4, -0.2) is 25.4 Å².